The van der Waals surface area contributed by atoms with E-state index < -0.39 is 0 Å². The predicted octanol–water partition coefficient (Wildman–Crippen LogP) is 4.08. The Bertz CT molecular complexity index is 466. The van der Waals surface area contributed by atoms with Crippen LogP contribution in [0.5, 0.6) is 0 Å². The minimum Gasteiger partial charge on any atom is -0.380 e. The minimum absolute atomic E-state index is 0.0607. The molecule has 0 aliphatic heterocycles. The van der Waals surface area contributed by atoms with Crippen LogP contribution in [-0.4, -0.2) is 45.4 Å². The predicted molar refractivity (Wildman–Crippen MR) is 104 cm³/mol. The highest BCUT2D eigenvalue weighted by Gasteiger charge is 2.08. The van der Waals surface area contributed by atoms with Crippen LogP contribution in [0.4, 0.5) is 11.4 Å². The van der Waals surface area contributed by atoms with Crippen LogP contribution in [0.1, 0.15) is 46.5 Å². The van der Waals surface area contributed by atoms with Crippen molar-refractivity contribution in [3.05, 3.63) is 24.3 Å². The summed E-state index contributed by atoms with van der Waals surface area (Å²) < 4.78 is 11.4. The summed E-state index contributed by atoms with van der Waals surface area (Å²) in [6.45, 7) is 10.5. The molecule has 5 nitrogen and oxygen atoms in total. The first-order valence-electron chi connectivity index (χ1n) is 9.45. The highest BCUT2D eigenvalue weighted by molar-refractivity contribution is 5.89. The number of hydrogen-bond acceptors (Lipinski definition) is 4. The number of unbranched alkanes of at least 4 members (excludes halogenated alkanes) is 2. The van der Waals surface area contributed by atoms with E-state index in [1.807, 2.05) is 18.2 Å². The fourth-order valence-corrected chi connectivity index (χ4v) is 2.40. The van der Waals surface area contributed by atoms with E-state index in [-0.39, 0.29) is 5.91 Å². The van der Waals surface area contributed by atoms with Crippen LogP contribution in [0, 0.1) is 0 Å². The molecule has 0 aliphatic carbocycles. The molecule has 0 aliphatic rings. The summed E-state index contributed by atoms with van der Waals surface area (Å²) in [5.41, 5.74) is 1.89. The maximum Gasteiger partial charge on any atom is 0.221 e. The number of carbonyl (C=O) groups excluding carboxylic acids is 1. The summed E-state index contributed by atoms with van der Waals surface area (Å²) in [4.78, 5) is 13.5. The molecule has 1 aromatic rings. The lowest BCUT2D eigenvalue weighted by atomic mass is 10.2. The first-order valence-corrected chi connectivity index (χ1v) is 9.45. The Labute approximate surface area is 152 Å². The van der Waals surface area contributed by atoms with Crippen molar-refractivity contribution in [2.24, 2.45) is 0 Å². The highest BCUT2D eigenvalue weighted by Crippen LogP contribution is 2.19. The molecule has 0 heterocycles. The molecule has 0 spiro atoms. The van der Waals surface area contributed by atoms with Crippen LogP contribution in [-0.2, 0) is 14.3 Å². The first-order chi connectivity index (χ1) is 12.2. The smallest absolute Gasteiger partial charge is 0.221 e. The Balaban J connectivity index is 2.59. The molecule has 142 valence electrons. The number of hydrogen-bond donors (Lipinski definition) is 1. The maximum absolute atomic E-state index is 11.3. The molecule has 0 atom stereocenters. The number of anilines is 2. The van der Waals surface area contributed by atoms with Crippen LogP contribution in [0.2, 0.25) is 0 Å². The van der Waals surface area contributed by atoms with Crippen molar-refractivity contribution in [1.82, 2.24) is 0 Å². The lowest BCUT2D eigenvalue weighted by molar-refractivity contribution is -0.114. The molecule has 0 saturated heterocycles. The van der Waals surface area contributed by atoms with E-state index >= 15 is 0 Å². The van der Waals surface area contributed by atoms with Crippen molar-refractivity contribution in [2.75, 3.05) is 49.7 Å². The van der Waals surface area contributed by atoms with Gasteiger partial charge in [0.15, 0.2) is 0 Å². The molecule has 0 bridgehead atoms. The van der Waals surface area contributed by atoms with Gasteiger partial charge in [-0.1, -0.05) is 32.8 Å². The van der Waals surface area contributed by atoms with Gasteiger partial charge >= 0.3 is 0 Å². The van der Waals surface area contributed by atoms with E-state index in [9.17, 15) is 4.79 Å². The zero-order chi connectivity index (χ0) is 18.3. The molecule has 0 aromatic heterocycles. The number of nitrogens with one attached hydrogen (secondary N) is 1. The fourth-order valence-electron chi connectivity index (χ4n) is 2.40. The van der Waals surface area contributed by atoms with Crippen molar-refractivity contribution in [3.63, 3.8) is 0 Å². The van der Waals surface area contributed by atoms with Gasteiger partial charge in [0.2, 0.25) is 5.91 Å². The zero-order valence-corrected chi connectivity index (χ0v) is 16.1. The molecule has 1 N–H and O–H groups in total. The average molecular weight is 351 g/mol. The third kappa shape index (κ3) is 10.1. The molecule has 1 rings (SSSR count). The second-order valence-corrected chi connectivity index (χ2v) is 6.15. The Kier molecular flexibility index (Phi) is 11.7. The number of carbonyl (C=O) groups is 1. The number of amides is 1. The second-order valence-electron chi connectivity index (χ2n) is 6.15. The summed E-state index contributed by atoms with van der Waals surface area (Å²) >= 11 is 0. The molecule has 0 fully saturated rings. The van der Waals surface area contributed by atoms with Gasteiger partial charge < -0.3 is 19.7 Å². The molecule has 0 saturated carbocycles. The van der Waals surface area contributed by atoms with Gasteiger partial charge in [0.25, 0.3) is 0 Å². The van der Waals surface area contributed by atoms with Gasteiger partial charge in [-0.15, -0.1) is 0 Å². The quantitative estimate of drug-likeness (QED) is 0.514. The van der Waals surface area contributed by atoms with Crippen LogP contribution in [0.15, 0.2) is 24.3 Å². The lowest BCUT2D eigenvalue weighted by Crippen LogP contribution is -2.31. The highest BCUT2D eigenvalue weighted by atomic mass is 16.5. The van der Waals surface area contributed by atoms with E-state index in [4.69, 9.17) is 9.47 Å². The molecule has 1 aromatic carbocycles. The molecule has 0 unspecified atom stereocenters. The minimum atomic E-state index is -0.0607. The number of benzene rings is 1. The van der Waals surface area contributed by atoms with Gasteiger partial charge in [0.05, 0.1) is 13.2 Å². The summed E-state index contributed by atoms with van der Waals surface area (Å²) in [6.07, 6.45) is 4.48. The standard InChI is InChI=1S/C20H34N2O3/c1-4-6-13-24-15-11-22(12-16-25-14-7-5-2)20-10-8-9-19(17-20)21-18(3)23/h8-10,17H,4-7,11-16H2,1-3H3,(H,21,23). The van der Waals surface area contributed by atoms with Crippen molar-refractivity contribution >= 4 is 17.3 Å². The molecular weight excluding hydrogens is 316 g/mol. The van der Waals surface area contributed by atoms with Gasteiger partial charge in [-0.25, -0.2) is 0 Å². The van der Waals surface area contributed by atoms with E-state index in [1.165, 1.54) is 6.92 Å². The maximum atomic E-state index is 11.3. The molecule has 0 radical (unpaired) electrons. The summed E-state index contributed by atoms with van der Waals surface area (Å²) in [7, 11) is 0. The normalized spacial score (nSPS) is 10.7. The Morgan fingerprint density at radius 3 is 2.12 bits per heavy atom. The van der Waals surface area contributed by atoms with E-state index in [1.54, 1.807) is 0 Å². The van der Waals surface area contributed by atoms with Gasteiger partial charge in [0, 0.05) is 44.6 Å². The summed E-state index contributed by atoms with van der Waals surface area (Å²) in [6, 6.07) is 7.92. The van der Waals surface area contributed by atoms with E-state index in [0.29, 0.717) is 13.2 Å². The van der Waals surface area contributed by atoms with Crippen LogP contribution >= 0.6 is 0 Å². The van der Waals surface area contributed by atoms with Crippen molar-refractivity contribution in [3.8, 4) is 0 Å². The van der Waals surface area contributed by atoms with Gasteiger partial charge in [-0.05, 0) is 31.0 Å². The number of ether oxygens (including phenoxy) is 2. The molecule has 1 amide bonds. The summed E-state index contributed by atoms with van der Waals surface area (Å²) in [5, 5.41) is 2.84. The van der Waals surface area contributed by atoms with Gasteiger partial charge in [-0.3, -0.25) is 4.79 Å². The SMILES string of the molecule is CCCCOCCN(CCOCCCC)c1cccc(NC(C)=O)c1. The molecule has 5 heteroatoms. The Hall–Kier alpha value is -1.59. The van der Waals surface area contributed by atoms with Crippen LogP contribution in [0.25, 0.3) is 0 Å². The monoisotopic (exact) mass is 350 g/mol. The summed E-state index contributed by atoms with van der Waals surface area (Å²) in [5.74, 6) is -0.0607. The molecular formula is C20H34N2O3. The largest absolute Gasteiger partial charge is 0.380 e. The number of nitrogens with zero attached hydrogens (tertiary/aromatic N) is 1. The Morgan fingerprint density at radius 1 is 1.00 bits per heavy atom. The third-order valence-electron chi connectivity index (χ3n) is 3.83. The third-order valence-corrected chi connectivity index (χ3v) is 3.83. The first kappa shape index (κ1) is 21.5. The molecule has 25 heavy (non-hydrogen) atoms. The van der Waals surface area contributed by atoms with Crippen molar-refractivity contribution in [1.29, 1.82) is 0 Å². The van der Waals surface area contributed by atoms with E-state index in [2.05, 4.69) is 30.1 Å². The van der Waals surface area contributed by atoms with Crippen LogP contribution in [0.3, 0.4) is 0 Å². The lowest BCUT2D eigenvalue weighted by Gasteiger charge is -2.25. The topological polar surface area (TPSA) is 50.8 Å². The Morgan fingerprint density at radius 2 is 1.60 bits per heavy atom. The van der Waals surface area contributed by atoms with Crippen molar-refractivity contribution < 1.29 is 14.3 Å². The number of rotatable bonds is 14. The van der Waals surface area contributed by atoms with Gasteiger partial charge in [0.1, 0.15) is 0 Å². The zero-order valence-electron chi connectivity index (χ0n) is 16.1. The van der Waals surface area contributed by atoms with E-state index in [0.717, 1.165) is 63.4 Å². The van der Waals surface area contributed by atoms with Crippen molar-refractivity contribution in [2.45, 2.75) is 46.5 Å². The fraction of sp³-hybridized carbons (Fsp3) is 0.650. The average Bonchev–Trinajstić information content (AvgIpc) is 2.59. The second kappa shape index (κ2) is 13.7. The van der Waals surface area contributed by atoms with Crippen LogP contribution < -0.4 is 10.2 Å². The van der Waals surface area contributed by atoms with Gasteiger partial charge in [-0.2, -0.15) is 0 Å².